The zero-order chi connectivity index (χ0) is 9.27. The molecule has 13 heavy (non-hydrogen) atoms. The molecule has 2 saturated heterocycles. The summed E-state index contributed by atoms with van der Waals surface area (Å²) in [7, 11) is 0. The van der Waals surface area contributed by atoms with E-state index < -0.39 is 5.79 Å². The van der Waals surface area contributed by atoms with Gasteiger partial charge in [0.2, 0.25) is 0 Å². The molecule has 1 N–H and O–H groups in total. The van der Waals surface area contributed by atoms with Crippen molar-refractivity contribution < 1.29 is 19.3 Å². The first-order chi connectivity index (χ1) is 6.01. The van der Waals surface area contributed by atoms with E-state index in [1.807, 2.05) is 13.8 Å². The molecule has 1 saturated carbocycles. The molecule has 0 aromatic heterocycles. The smallest absolute Gasteiger partial charge is 0.188 e. The molecule has 1 spiro atoms. The lowest BCUT2D eigenvalue weighted by atomic mass is 10.2. The van der Waals surface area contributed by atoms with Crippen LogP contribution in [0.1, 0.15) is 26.7 Å². The largest absolute Gasteiger partial charge is 0.390 e. The third-order valence-electron chi connectivity index (χ3n) is 3.02. The number of hydrogen-bond donors (Lipinski definition) is 1. The van der Waals surface area contributed by atoms with E-state index in [0.29, 0.717) is 0 Å². The Morgan fingerprint density at radius 3 is 2.38 bits per heavy atom. The van der Waals surface area contributed by atoms with Crippen LogP contribution < -0.4 is 0 Å². The molecule has 4 heteroatoms. The van der Waals surface area contributed by atoms with Gasteiger partial charge in [-0.25, -0.2) is 0 Å². The second kappa shape index (κ2) is 2.08. The van der Waals surface area contributed by atoms with Crippen molar-refractivity contribution in [2.24, 2.45) is 0 Å². The van der Waals surface area contributed by atoms with Gasteiger partial charge in [0, 0.05) is 12.8 Å². The van der Waals surface area contributed by atoms with Crippen LogP contribution in [0.25, 0.3) is 0 Å². The normalized spacial score (nSPS) is 57.0. The molecule has 3 aliphatic rings. The predicted octanol–water partition coefficient (Wildman–Crippen LogP) is 0.388. The van der Waals surface area contributed by atoms with E-state index >= 15 is 0 Å². The summed E-state index contributed by atoms with van der Waals surface area (Å²) in [6, 6.07) is 0. The first-order valence-corrected chi connectivity index (χ1v) is 4.72. The molecule has 1 unspecified atom stereocenters. The van der Waals surface area contributed by atoms with Crippen molar-refractivity contribution in [3.8, 4) is 0 Å². The van der Waals surface area contributed by atoms with E-state index in [0.717, 1.165) is 12.8 Å². The van der Waals surface area contributed by atoms with Gasteiger partial charge in [0.05, 0.1) is 6.10 Å². The van der Waals surface area contributed by atoms with Crippen LogP contribution in [-0.4, -0.2) is 35.0 Å². The average molecular weight is 186 g/mol. The predicted molar refractivity (Wildman–Crippen MR) is 42.9 cm³/mol. The van der Waals surface area contributed by atoms with Gasteiger partial charge in [0.1, 0.15) is 11.7 Å². The lowest BCUT2D eigenvalue weighted by Crippen LogP contribution is -2.26. The minimum Gasteiger partial charge on any atom is -0.390 e. The highest BCUT2D eigenvalue weighted by Gasteiger charge is 2.66. The highest BCUT2D eigenvalue weighted by Crippen LogP contribution is 2.53. The Morgan fingerprint density at radius 2 is 1.85 bits per heavy atom. The van der Waals surface area contributed by atoms with E-state index in [-0.39, 0.29) is 24.1 Å². The second-order valence-electron chi connectivity index (χ2n) is 4.65. The maximum Gasteiger partial charge on any atom is 0.188 e. The van der Waals surface area contributed by atoms with Gasteiger partial charge in [-0.05, 0) is 13.8 Å². The van der Waals surface area contributed by atoms with Crippen molar-refractivity contribution in [2.75, 3.05) is 0 Å². The molecule has 0 aromatic rings. The van der Waals surface area contributed by atoms with Gasteiger partial charge in [0.25, 0.3) is 0 Å². The van der Waals surface area contributed by atoms with Gasteiger partial charge < -0.3 is 19.3 Å². The first kappa shape index (κ1) is 8.17. The van der Waals surface area contributed by atoms with Gasteiger partial charge in [-0.3, -0.25) is 0 Å². The number of aliphatic hydroxyl groups excluding tert-OH is 1. The van der Waals surface area contributed by atoms with Crippen molar-refractivity contribution in [3.05, 3.63) is 0 Å². The molecule has 4 atom stereocenters. The first-order valence-electron chi connectivity index (χ1n) is 4.72. The molecule has 3 rings (SSSR count). The van der Waals surface area contributed by atoms with E-state index in [1.54, 1.807) is 0 Å². The lowest BCUT2D eigenvalue weighted by molar-refractivity contribution is -0.212. The molecule has 2 heterocycles. The van der Waals surface area contributed by atoms with Crippen LogP contribution in [0.2, 0.25) is 0 Å². The summed E-state index contributed by atoms with van der Waals surface area (Å²) in [4.78, 5) is 0. The molecular formula is C9H14O4. The Balaban J connectivity index is 1.75. The molecule has 0 aromatic carbocycles. The van der Waals surface area contributed by atoms with Crippen molar-refractivity contribution in [3.63, 3.8) is 0 Å². The molecular weight excluding hydrogens is 172 g/mol. The van der Waals surface area contributed by atoms with Crippen molar-refractivity contribution >= 4 is 0 Å². The highest BCUT2D eigenvalue weighted by atomic mass is 16.8. The van der Waals surface area contributed by atoms with Crippen molar-refractivity contribution in [1.29, 1.82) is 0 Å². The maximum atomic E-state index is 9.37. The van der Waals surface area contributed by atoms with Crippen LogP contribution >= 0.6 is 0 Å². The van der Waals surface area contributed by atoms with Crippen molar-refractivity contribution in [2.45, 2.75) is 56.6 Å². The van der Waals surface area contributed by atoms with E-state index in [4.69, 9.17) is 14.2 Å². The molecule has 0 radical (unpaired) electrons. The topological polar surface area (TPSA) is 47.9 Å². The lowest BCUT2D eigenvalue weighted by Gasteiger charge is -2.20. The summed E-state index contributed by atoms with van der Waals surface area (Å²) in [5, 5.41) is 9.37. The van der Waals surface area contributed by atoms with Gasteiger partial charge in [-0.15, -0.1) is 0 Å². The maximum absolute atomic E-state index is 9.37. The number of hydrogen-bond acceptors (Lipinski definition) is 4. The summed E-state index contributed by atoms with van der Waals surface area (Å²) in [6.45, 7) is 3.76. The molecule has 1 aliphatic carbocycles. The Morgan fingerprint density at radius 1 is 1.15 bits per heavy atom. The fourth-order valence-electron chi connectivity index (χ4n) is 2.28. The quantitative estimate of drug-likeness (QED) is 0.594. The summed E-state index contributed by atoms with van der Waals surface area (Å²) in [6.07, 6.45) is 0.919. The Labute approximate surface area is 76.8 Å². The molecule has 4 nitrogen and oxygen atoms in total. The fourth-order valence-corrected chi connectivity index (χ4v) is 2.28. The highest BCUT2D eigenvalue weighted by molar-refractivity contribution is 5.12. The molecule has 2 aliphatic heterocycles. The monoisotopic (exact) mass is 186 g/mol. The summed E-state index contributed by atoms with van der Waals surface area (Å²) < 4.78 is 16.8. The minimum absolute atomic E-state index is 0.00662. The molecule has 74 valence electrons. The van der Waals surface area contributed by atoms with Crippen LogP contribution in [0.15, 0.2) is 0 Å². The van der Waals surface area contributed by atoms with Gasteiger partial charge >= 0.3 is 0 Å². The Bertz CT molecular complexity index is 234. The van der Waals surface area contributed by atoms with Crippen LogP contribution in [0, 0.1) is 0 Å². The van der Waals surface area contributed by atoms with E-state index in [9.17, 15) is 5.11 Å². The fraction of sp³-hybridized carbons (Fsp3) is 1.00. The number of fused-ring (bicyclic) bond motifs is 1. The Kier molecular flexibility index (Phi) is 1.31. The van der Waals surface area contributed by atoms with Gasteiger partial charge in [-0.1, -0.05) is 0 Å². The average Bonchev–Trinajstić information content (AvgIpc) is 2.30. The summed E-state index contributed by atoms with van der Waals surface area (Å²) in [5.74, 6) is -0.531. The second-order valence-corrected chi connectivity index (χ2v) is 4.65. The zero-order valence-electron chi connectivity index (χ0n) is 7.82. The van der Waals surface area contributed by atoms with Crippen LogP contribution in [0.5, 0.6) is 0 Å². The third-order valence-corrected chi connectivity index (χ3v) is 3.02. The van der Waals surface area contributed by atoms with Crippen LogP contribution in [0.3, 0.4) is 0 Å². The zero-order valence-corrected chi connectivity index (χ0v) is 7.82. The van der Waals surface area contributed by atoms with Gasteiger partial charge in [0.15, 0.2) is 12.1 Å². The Hall–Kier alpha value is -0.160. The summed E-state index contributed by atoms with van der Waals surface area (Å²) in [5.41, 5.74) is -0.328. The molecule has 0 amide bonds. The van der Waals surface area contributed by atoms with Crippen molar-refractivity contribution in [1.82, 2.24) is 0 Å². The molecule has 3 fully saturated rings. The number of rotatable bonds is 0. The summed E-state index contributed by atoms with van der Waals surface area (Å²) >= 11 is 0. The van der Waals surface area contributed by atoms with E-state index in [1.165, 1.54) is 0 Å². The third kappa shape index (κ3) is 1.06. The standard InChI is InChI=1S/C9H14O4/c1-8(2)11-5-3-9(4-6(9)10)13-7(5)12-8/h5-7,10H,3-4H2,1-2H3/t5-,6-,7?,9+/m1/s1. The SMILES string of the molecule is CC1(C)OC2O[C@]3(C[C@H]3O)C[C@H]2O1. The van der Waals surface area contributed by atoms with Crippen LogP contribution in [-0.2, 0) is 14.2 Å². The van der Waals surface area contributed by atoms with E-state index in [2.05, 4.69) is 0 Å². The van der Waals surface area contributed by atoms with Gasteiger partial charge in [-0.2, -0.15) is 0 Å². The number of ether oxygens (including phenoxy) is 3. The number of aliphatic hydroxyl groups is 1. The van der Waals surface area contributed by atoms with Crippen LogP contribution in [0.4, 0.5) is 0 Å². The minimum atomic E-state index is -0.531. The molecule has 0 bridgehead atoms.